The molecule has 0 amide bonds. The van der Waals surface area contributed by atoms with E-state index in [9.17, 15) is 0 Å². The minimum Gasteiger partial charge on any atom is -0.411 e. The predicted octanol–water partition coefficient (Wildman–Crippen LogP) is 2.34. The van der Waals surface area contributed by atoms with E-state index in [1.807, 2.05) is 0 Å². The van der Waals surface area contributed by atoms with E-state index in [-0.39, 0.29) is 0 Å². The molecule has 0 heterocycles. The van der Waals surface area contributed by atoms with Gasteiger partial charge >= 0.3 is 0 Å². The smallest absolute Gasteiger partial charge is 0.0476 e. The van der Waals surface area contributed by atoms with Gasteiger partial charge in [0.1, 0.15) is 0 Å². The fraction of sp³-hybridized carbons (Fsp3) is 0.625. The summed E-state index contributed by atoms with van der Waals surface area (Å²) in [6, 6.07) is 0. The van der Waals surface area contributed by atoms with Gasteiger partial charge < -0.3 is 5.21 Å². The molecule has 1 N–H and O–H groups in total. The summed E-state index contributed by atoms with van der Waals surface area (Å²) in [5.74, 6) is 0. The molecule has 0 aromatic carbocycles. The molecule has 0 unspecified atom stereocenters. The van der Waals surface area contributed by atoms with Gasteiger partial charge in [0.05, 0.1) is 0 Å². The van der Waals surface area contributed by atoms with Crippen LogP contribution in [0.4, 0.5) is 0 Å². The fourth-order valence-electron chi connectivity index (χ4n) is 1.25. The molecule has 0 saturated carbocycles. The molecule has 1 rings (SSSR count). The van der Waals surface area contributed by atoms with Gasteiger partial charge in [-0.3, -0.25) is 0 Å². The van der Waals surface area contributed by atoms with E-state index >= 15 is 0 Å². The van der Waals surface area contributed by atoms with Crippen molar-refractivity contribution in [3.05, 3.63) is 11.6 Å². The Morgan fingerprint density at radius 2 is 2.50 bits per heavy atom. The van der Waals surface area contributed by atoms with Crippen LogP contribution in [0.15, 0.2) is 16.8 Å². The van der Waals surface area contributed by atoms with E-state index in [4.69, 9.17) is 5.21 Å². The molecular formula is C8H13NO. The number of rotatable bonds is 2. The monoisotopic (exact) mass is 139 g/mol. The Bertz CT molecular complexity index is 149. The second kappa shape index (κ2) is 4.09. The predicted molar refractivity (Wildman–Crippen MR) is 41.4 cm³/mol. The van der Waals surface area contributed by atoms with Crippen LogP contribution in [-0.2, 0) is 0 Å². The van der Waals surface area contributed by atoms with Crippen LogP contribution in [-0.4, -0.2) is 11.4 Å². The molecule has 0 aliphatic heterocycles. The third kappa shape index (κ3) is 2.21. The highest BCUT2D eigenvalue weighted by molar-refractivity contribution is 5.60. The molecule has 10 heavy (non-hydrogen) atoms. The van der Waals surface area contributed by atoms with Crippen molar-refractivity contribution in [2.24, 2.45) is 5.16 Å². The van der Waals surface area contributed by atoms with Gasteiger partial charge in [-0.2, -0.15) is 0 Å². The van der Waals surface area contributed by atoms with Crippen molar-refractivity contribution in [1.82, 2.24) is 0 Å². The lowest BCUT2D eigenvalue weighted by molar-refractivity contribution is 0.320. The van der Waals surface area contributed by atoms with Crippen molar-refractivity contribution >= 4 is 6.21 Å². The summed E-state index contributed by atoms with van der Waals surface area (Å²) >= 11 is 0. The number of allylic oxidation sites excluding steroid dienone is 2. The first-order chi connectivity index (χ1) is 4.93. The maximum Gasteiger partial charge on any atom is 0.0476 e. The highest BCUT2D eigenvalue weighted by Gasteiger charge is 2.00. The van der Waals surface area contributed by atoms with Crippen molar-refractivity contribution in [3.63, 3.8) is 0 Å². The first kappa shape index (κ1) is 7.32. The highest BCUT2D eigenvalue weighted by Crippen LogP contribution is 2.18. The molecule has 0 aromatic rings. The molecule has 2 heteroatoms. The summed E-state index contributed by atoms with van der Waals surface area (Å²) in [6.07, 6.45) is 9.64. The fourth-order valence-corrected chi connectivity index (χ4v) is 1.25. The summed E-state index contributed by atoms with van der Waals surface area (Å²) in [4.78, 5) is 0. The minimum atomic E-state index is 0.830. The maximum absolute atomic E-state index is 8.14. The molecule has 2 nitrogen and oxygen atoms in total. The maximum atomic E-state index is 8.14. The first-order valence-electron chi connectivity index (χ1n) is 3.77. The standard InChI is InChI=1S/C8H13NO/c10-9-7-6-8-4-2-1-3-5-8/h4,7,10H,1-3,5-6H2/b9-7+. The second-order valence-corrected chi connectivity index (χ2v) is 2.61. The lowest BCUT2D eigenvalue weighted by Gasteiger charge is -2.08. The van der Waals surface area contributed by atoms with E-state index in [0.717, 1.165) is 6.42 Å². The summed E-state index contributed by atoms with van der Waals surface area (Å²) in [6.45, 7) is 0. The Morgan fingerprint density at radius 1 is 1.60 bits per heavy atom. The van der Waals surface area contributed by atoms with Crippen LogP contribution in [0.2, 0.25) is 0 Å². The van der Waals surface area contributed by atoms with E-state index in [1.54, 1.807) is 6.21 Å². The van der Waals surface area contributed by atoms with Crippen molar-refractivity contribution < 1.29 is 5.21 Å². The summed E-state index contributed by atoms with van der Waals surface area (Å²) in [7, 11) is 0. The third-order valence-electron chi connectivity index (χ3n) is 1.82. The van der Waals surface area contributed by atoms with Crippen LogP contribution < -0.4 is 0 Å². The van der Waals surface area contributed by atoms with Crippen molar-refractivity contribution in [2.75, 3.05) is 0 Å². The number of hydrogen-bond donors (Lipinski definition) is 1. The average molecular weight is 139 g/mol. The zero-order valence-electron chi connectivity index (χ0n) is 6.08. The topological polar surface area (TPSA) is 32.6 Å². The van der Waals surface area contributed by atoms with Gasteiger partial charge in [-0.05, 0) is 25.7 Å². The summed E-state index contributed by atoms with van der Waals surface area (Å²) in [5, 5.41) is 11.1. The molecule has 0 radical (unpaired) electrons. The molecule has 1 aliphatic rings. The Kier molecular flexibility index (Phi) is 3.00. The van der Waals surface area contributed by atoms with Crippen molar-refractivity contribution in [3.8, 4) is 0 Å². The average Bonchev–Trinajstić information content (AvgIpc) is 2.03. The third-order valence-corrected chi connectivity index (χ3v) is 1.82. The zero-order valence-corrected chi connectivity index (χ0v) is 6.08. The van der Waals surface area contributed by atoms with Gasteiger partial charge in [-0.1, -0.05) is 11.6 Å². The van der Waals surface area contributed by atoms with Crippen LogP contribution in [0, 0.1) is 0 Å². The Labute approximate surface area is 61.2 Å². The van der Waals surface area contributed by atoms with Crippen LogP contribution >= 0.6 is 0 Å². The quantitative estimate of drug-likeness (QED) is 0.271. The first-order valence-corrected chi connectivity index (χ1v) is 3.77. The Balaban J connectivity index is 2.31. The van der Waals surface area contributed by atoms with Gasteiger partial charge in [0, 0.05) is 12.6 Å². The largest absolute Gasteiger partial charge is 0.411 e. The highest BCUT2D eigenvalue weighted by atomic mass is 16.4. The number of oxime groups is 1. The molecule has 0 atom stereocenters. The van der Waals surface area contributed by atoms with Gasteiger partial charge in [0.2, 0.25) is 0 Å². The lowest BCUT2D eigenvalue weighted by atomic mass is 9.98. The Hall–Kier alpha value is -0.790. The van der Waals surface area contributed by atoms with E-state index in [0.29, 0.717) is 0 Å². The van der Waals surface area contributed by atoms with Crippen LogP contribution in [0.1, 0.15) is 32.1 Å². The summed E-state index contributed by atoms with van der Waals surface area (Å²) in [5.41, 5.74) is 1.42. The minimum absolute atomic E-state index is 0.830. The van der Waals surface area contributed by atoms with E-state index < -0.39 is 0 Å². The van der Waals surface area contributed by atoms with Crippen LogP contribution in [0.25, 0.3) is 0 Å². The second-order valence-electron chi connectivity index (χ2n) is 2.61. The SMILES string of the molecule is O/N=C/CC1=CCCCC1. The lowest BCUT2D eigenvalue weighted by Crippen LogP contribution is -1.92. The van der Waals surface area contributed by atoms with Crippen LogP contribution in [0.3, 0.4) is 0 Å². The molecule has 0 saturated heterocycles. The number of nitrogens with zero attached hydrogens (tertiary/aromatic N) is 1. The van der Waals surface area contributed by atoms with Crippen molar-refractivity contribution in [1.29, 1.82) is 0 Å². The molecule has 0 fully saturated rings. The number of hydrogen-bond acceptors (Lipinski definition) is 2. The van der Waals surface area contributed by atoms with Gasteiger partial charge in [0.25, 0.3) is 0 Å². The van der Waals surface area contributed by atoms with Gasteiger partial charge in [-0.15, -0.1) is 5.16 Å². The zero-order chi connectivity index (χ0) is 7.23. The Morgan fingerprint density at radius 3 is 3.10 bits per heavy atom. The van der Waals surface area contributed by atoms with Crippen molar-refractivity contribution in [2.45, 2.75) is 32.1 Å². The molecule has 0 bridgehead atoms. The van der Waals surface area contributed by atoms with Gasteiger partial charge in [-0.25, -0.2) is 0 Å². The molecule has 1 aliphatic carbocycles. The van der Waals surface area contributed by atoms with E-state index in [2.05, 4.69) is 11.2 Å². The molecule has 0 aromatic heterocycles. The molecular weight excluding hydrogens is 126 g/mol. The summed E-state index contributed by atoms with van der Waals surface area (Å²) < 4.78 is 0. The normalized spacial score (nSPS) is 19.4. The molecule has 0 spiro atoms. The van der Waals surface area contributed by atoms with Gasteiger partial charge in [0.15, 0.2) is 0 Å². The van der Waals surface area contributed by atoms with E-state index in [1.165, 1.54) is 31.3 Å². The van der Waals surface area contributed by atoms with Crippen LogP contribution in [0.5, 0.6) is 0 Å². The molecule has 56 valence electrons.